The van der Waals surface area contributed by atoms with E-state index in [9.17, 15) is 9.18 Å². The zero-order valence-electron chi connectivity index (χ0n) is 13.1. The van der Waals surface area contributed by atoms with E-state index in [-0.39, 0.29) is 12.4 Å². The second-order valence-corrected chi connectivity index (χ2v) is 7.07. The van der Waals surface area contributed by atoms with Crippen molar-refractivity contribution >= 4 is 43.4 Å². The van der Waals surface area contributed by atoms with E-state index in [1.165, 1.54) is 35.6 Å². The summed E-state index contributed by atoms with van der Waals surface area (Å²) < 4.78 is 22.1. The van der Waals surface area contributed by atoms with Crippen molar-refractivity contribution in [1.29, 1.82) is 0 Å². The molecule has 0 atom stereocenters. The number of benzene rings is 2. The first-order valence-electron chi connectivity index (χ1n) is 7.42. The predicted octanol–water partition coefficient (Wildman–Crippen LogP) is 4.30. The van der Waals surface area contributed by atoms with Gasteiger partial charge in [-0.2, -0.15) is 4.99 Å². The fourth-order valence-electron chi connectivity index (χ4n) is 2.25. The third-order valence-corrected chi connectivity index (χ3v) is 4.89. The Labute approximate surface area is 156 Å². The molecule has 4 nitrogen and oxygen atoms in total. The van der Waals surface area contributed by atoms with Gasteiger partial charge in [-0.3, -0.25) is 4.79 Å². The van der Waals surface area contributed by atoms with Crippen LogP contribution in [0, 0.1) is 5.82 Å². The largest absolute Gasteiger partial charge is 0.484 e. The average molecular weight is 421 g/mol. The second kappa shape index (κ2) is 7.76. The molecule has 0 saturated heterocycles. The van der Waals surface area contributed by atoms with Crippen LogP contribution < -0.4 is 9.54 Å². The molecule has 1 aromatic heterocycles. The summed E-state index contributed by atoms with van der Waals surface area (Å²) in [4.78, 5) is 16.9. The van der Waals surface area contributed by atoms with Gasteiger partial charge in [0.2, 0.25) is 0 Å². The summed E-state index contributed by atoms with van der Waals surface area (Å²) >= 11 is 4.87. The van der Waals surface area contributed by atoms with Crippen molar-refractivity contribution in [3.8, 4) is 5.75 Å². The maximum Gasteiger partial charge on any atom is 0.286 e. The monoisotopic (exact) mass is 420 g/mol. The van der Waals surface area contributed by atoms with Gasteiger partial charge in [-0.15, -0.1) is 6.58 Å². The average Bonchev–Trinajstić information content (AvgIpc) is 2.91. The molecule has 0 saturated carbocycles. The molecule has 0 spiro atoms. The molecule has 0 unspecified atom stereocenters. The molecule has 0 bridgehead atoms. The van der Waals surface area contributed by atoms with Gasteiger partial charge >= 0.3 is 0 Å². The van der Waals surface area contributed by atoms with Crippen LogP contribution in [-0.4, -0.2) is 17.1 Å². The molecule has 0 aliphatic heterocycles. The Balaban J connectivity index is 1.86. The summed E-state index contributed by atoms with van der Waals surface area (Å²) in [6, 6.07) is 11.4. The Morgan fingerprint density at radius 1 is 1.32 bits per heavy atom. The van der Waals surface area contributed by atoms with Crippen molar-refractivity contribution < 1.29 is 13.9 Å². The lowest BCUT2D eigenvalue weighted by Gasteiger charge is -2.03. The lowest BCUT2D eigenvalue weighted by Crippen LogP contribution is -2.19. The molecule has 0 fully saturated rings. The maximum absolute atomic E-state index is 12.9. The van der Waals surface area contributed by atoms with Crippen LogP contribution in [-0.2, 0) is 11.3 Å². The molecule has 2 aromatic carbocycles. The number of fused-ring (bicyclic) bond motifs is 1. The van der Waals surface area contributed by atoms with Crippen molar-refractivity contribution in [3.63, 3.8) is 0 Å². The van der Waals surface area contributed by atoms with Crippen LogP contribution in [0.1, 0.15) is 0 Å². The molecule has 3 rings (SSSR count). The zero-order chi connectivity index (χ0) is 17.8. The summed E-state index contributed by atoms with van der Waals surface area (Å²) in [5.74, 6) is -0.345. The molecule has 128 valence electrons. The Morgan fingerprint density at radius 3 is 2.80 bits per heavy atom. The normalized spacial score (nSPS) is 11.7. The van der Waals surface area contributed by atoms with E-state index in [1.807, 2.05) is 22.8 Å². The second-order valence-electron chi connectivity index (χ2n) is 5.14. The Morgan fingerprint density at radius 2 is 2.08 bits per heavy atom. The third-order valence-electron chi connectivity index (χ3n) is 3.35. The van der Waals surface area contributed by atoms with Gasteiger partial charge in [0.15, 0.2) is 11.4 Å². The number of nitrogens with zero attached hydrogens (tertiary/aromatic N) is 2. The maximum atomic E-state index is 12.9. The summed E-state index contributed by atoms with van der Waals surface area (Å²) in [6.45, 7) is 4.09. The fourth-order valence-corrected chi connectivity index (χ4v) is 3.86. The van der Waals surface area contributed by atoms with Crippen molar-refractivity contribution in [1.82, 2.24) is 4.57 Å². The lowest BCUT2D eigenvalue weighted by molar-refractivity contribution is -0.120. The molecule has 1 amide bonds. The molecule has 3 aromatic rings. The van der Waals surface area contributed by atoms with Gasteiger partial charge in [0.05, 0.1) is 10.2 Å². The van der Waals surface area contributed by atoms with Gasteiger partial charge in [-0.05, 0) is 42.5 Å². The number of allylic oxidation sites excluding steroid dienone is 1. The van der Waals surface area contributed by atoms with Crippen LogP contribution in [0.15, 0.2) is 64.6 Å². The minimum Gasteiger partial charge on any atom is -0.484 e. The topological polar surface area (TPSA) is 43.6 Å². The van der Waals surface area contributed by atoms with E-state index >= 15 is 0 Å². The lowest BCUT2D eigenvalue weighted by atomic mass is 10.3. The Kier molecular flexibility index (Phi) is 5.45. The highest BCUT2D eigenvalue weighted by molar-refractivity contribution is 9.10. The molecular formula is C18H14BrFN2O2S. The number of carbonyl (C=O) groups is 1. The zero-order valence-corrected chi connectivity index (χ0v) is 15.5. The van der Waals surface area contributed by atoms with E-state index in [1.54, 1.807) is 6.08 Å². The van der Waals surface area contributed by atoms with Gasteiger partial charge in [0, 0.05) is 11.0 Å². The van der Waals surface area contributed by atoms with E-state index in [0.29, 0.717) is 17.1 Å². The molecule has 0 N–H and O–H groups in total. The molecule has 7 heteroatoms. The van der Waals surface area contributed by atoms with Crippen LogP contribution >= 0.6 is 27.3 Å². The van der Waals surface area contributed by atoms with Crippen molar-refractivity contribution in [2.75, 3.05) is 6.61 Å². The SMILES string of the molecule is C=CCn1c(=NC(=O)COc2ccc(F)cc2)sc2cc(Br)ccc21. The number of carbonyl (C=O) groups excluding carboxylic acids is 1. The number of ether oxygens (including phenoxy) is 1. The standard InChI is InChI=1S/C18H14BrFN2O2S/c1-2-9-22-15-8-3-12(19)10-16(15)25-18(22)21-17(23)11-24-14-6-4-13(20)5-7-14/h2-8,10H,1,9,11H2. The Bertz CT molecular complexity index is 992. The van der Waals surface area contributed by atoms with E-state index in [2.05, 4.69) is 27.5 Å². The molecule has 25 heavy (non-hydrogen) atoms. The van der Waals surface area contributed by atoms with Crippen LogP contribution in [0.5, 0.6) is 5.75 Å². The summed E-state index contributed by atoms with van der Waals surface area (Å²) in [5.41, 5.74) is 0.985. The highest BCUT2D eigenvalue weighted by atomic mass is 79.9. The van der Waals surface area contributed by atoms with Gasteiger partial charge in [0.25, 0.3) is 5.91 Å². The van der Waals surface area contributed by atoms with Crippen LogP contribution in [0.2, 0.25) is 0 Å². The van der Waals surface area contributed by atoms with Crippen LogP contribution in [0.25, 0.3) is 10.2 Å². The number of aromatic nitrogens is 1. The van der Waals surface area contributed by atoms with E-state index in [0.717, 1.165) is 14.7 Å². The van der Waals surface area contributed by atoms with Crippen LogP contribution in [0.3, 0.4) is 0 Å². The quantitative estimate of drug-likeness (QED) is 0.577. The number of halogens is 2. The highest BCUT2D eigenvalue weighted by Gasteiger charge is 2.08. The van der Waals surface area contributed by atoms with Crippen LogP contribution in [0.4, 0.5) is 4.39 Å². The molecule has 0 aliphatic carbocycles. The van der Waals surface area contributed by atoms with Gasteiger partial charge in [0.1, 0.15) is 11.6 Å². The summed E-state index contributed by atoms with van der Waals surface area (Å²) in [5, 5.41) is 0. The number of thiazole rings is 1. The molecule has 1 heterocycles. The minimum atomic E-state index is -0.409. The van der Waals surface area contributed by atoms with Gasteiger partial charge < -0.3 is 9.30 Å². The van der Waals surface area contributed by atoms with Gasteiger partial charge in [-0.1, -0.05) is 33.3 Å². The fraction of sp³-hybridized carbons (Fsp3) is 0.111. The van der Waals surface area contributed by atoms with E-state index in [4.69, 9.17) is 4.74 Å². The molecule has 0 aliphatic rings. The predicted molar refractivity (Wildman–Crippen MR) is 100 cm³/mol. The number of rotatable bonds is 5. The first-order chi connectivity index (χ1) is 12.1. The number of hydrogen-bond acceptors (Lipinski definition) is 3. The molecule has 0 radical (unpaired) electrons. The summed E-state index contributed by atoms with van der Waals surface area (Å²) in [6.07, 6.45) is 1.76. The third kappa shape index (κ3) is 4.24. The number of amides is 1. The van der Waals surface area contributed by atoms with Crippen molar-refractivity contribution in [2.45, 2.75) is 6.54 Å². The Hall–Kier alpha value is -2.25. The smallest absolute Gasteiger partial charge is 0.286 e. The number of hydrogen-bond donors (Lipinski definition) is 0. The minimum absolute atomic E-state index is 0.211. The first-order valence-corrected chi connectivity index (χ1v) is 9.03. The summed E-state index contributed by atoms with van der Waals surface area (Å²) in [7, 11) is 0. The van der Waals surface area contributed by atoms with Crippen molar-refractivity contribution in [3.05, 3.63) is 70.2 Å². The highest BCUT2D eigenvalue weighted by Crippen LogP contribution is 2.22. The molecular weight excluding hydrogens is 407 g/mol. The van der Waals surface area contributed by atoms with Crippen molar-refractivity contribution in [2.24, 2.45) is 4.99 Å². The van der Waals surface area contributed by atoms with Gasteiger partial charge in [-0.25, -0.2) is 4.39 Å². The first kappa shape index (κ1) is 17.6. The van der Waals surface area contributed by atoms with E-state index < -0.39 is 5.91 Å².